The molecule has 1 aromatic rings. The number of benzene rings is 1. The highest BCUT2D eigenvalue weighted by Gasteiger charge is 2.52. The predicted molar refractivity (Wildman–Crippen MR) is 85.7 cm³/mol. The summed E-state index contributed by atoms with van der Waals surface area (Å²) < 4.78 is 5.55. The van der Waals surface area contributed by atoms with Crippen molar-refractivity contribution in [2.45, 2.75) is 30.7 Å². The first-order chi connectivity index (χ1) is 10.6. The molecule has 2 aliphatic rings. The van der Waals surface area contributed by atoms with Crippen LogP contribution in [0.5, 0.6) is 5.75 Å². The number of carbonyl (C=O) groups is 2. The van der Waals surface area contributed by atoms with Gasteiger partial charge in [-0.3, -0.25) is 9.59 Å². The summed E-state index contributed by atoms with van der Waals surface area (Å²) in [6.07, 6.45) is 1.38. The minimum atomic E-state index is -0.346. The quantitative estimate of drug-likeness (QED) is 0.838. The fourth-order valence-corrected chi connectivity index (χ4v) is 4.42. The summed E-state index contributed by atoms with van der Waals surface area (Å²) >= 11 is 1.70. The molecule has 0 aliphatic carbocycles. The molecule has 0 aromatic heterocycles. The second kappa shape index (κ2) is 6.20. The summed E-state index contributed by atoms with van der Waals surface area (Å²) in [6.45, 7) is 2.91. The van der Waals surface area contributed by atoms with Gasteiger partial charge in [-0.15, -0.1) is 11.8 Å². The standard InChI is InChI=1S/C16H20N2O3S/c1-16-8-7-14(19)18(16)13(11-22-16)15(20)17-9-10-21-12-5-3-2-4-6-12/h2-6,13H,7-11H2,1H3,(H,17,20). The molecule has 1 aromatic carbocycles. The molecule has 2 heterocycles. The van der Waals surface area contributed by atoms with E-state index in [1.165, 1.54) is 0 Å². The van der Waals surface area contributed by atoms with Crippen molar-refractivity contribution in [3.8, 4) is 5.75 Å². The molecule has 2 fully saturated rings. The second-order valence-corrected chi connectivity index (χ2v) is 7.22. The second-order valence-electron chi connectivity index (χ2n) is 5.72. The summed E-state index contributed by atoms with van der Waals surface area (Å²) in [4.78, 5) is 25.9. The Morgan fingerprint density at radius 2 is 2.23 bits per heavy atom. The number of ether oxygens (including phenoxy) is 1. The molecule has 0 spiro atoms. The van der Waals surface area contributed by atoms with Crippen LogP contribution in [0.3, 0.4) is 0 Å². The number of carbonyl (C=O) groups excluding carboxylic acids is 2. The van der Waals surface area contributed by atoms with Gasteiger partial charge in [0.15, 0.2) is 0 Å². The first kappa shape index (κ1) is 15.2. The van der Waals surface area contributed by atoms with Crippen molar-refractivity contribution in [1.29, 1.82) is 0 Å². The fraction of sp³-hybridized carbons (Fsp3) is 0.500. The van der Waals surface area contributed by atoms with Crippen LogP contribution in [0, 0.1) is 0 Å². The van der Waals surface area contributed by atoms with Gasteiger partial charge in [0.1, 0.15) is 18.4 Å². The molecule has 3 rings (SSSR count). The van der Waals surface area contributed by atoms with Crippen molar-refractivity contribution in [2.75, 3.05) is 18.9 Å². The number of amides is 2. The van der Waals surface area contributed by atoms with Gasteiger partial charge in [0.25, 0.3) is 0 Å². The van der Waals surface area contributed by atoms with E-state index in [0.717, 1.165) is 12.2 Å². The van der Waals surface area contributed by atoms with Crippen molar-refractivity contribution < 1.29 is 14.3 Å². The van der Waals surface area contributed by atoms with Crippen molar-refractivity contribution in [3.05, 3.63) is 30.3 Å². The predicted octanol–water partition coefficient (Wildman–Crippen LogP) is 1.64. The Labute approximate surface area is 134 Å². The summed E-state index contributed by atoms with van der Waals surface area (Å²) in [5, 5.41) is 2.87. The van der Waals surface area contributed by atoms with E-state index in [2.05, 4.69) is 5.32 Å². The molecule has 2 amide bonds. The Morgan fingerprint density at radius 3 is 3.00 bits per heavy atom. The van der Waals surface area contributed by atoms with Crippen LogP contribution in [0.4, 0.5) is 0 Å². The molecule has 0 bridgehead atoms. The number of fused-ring (bicyclic) bond motifs is 1. The monoisotopic (exact) mass is 320 g/mol. The molecule has 6 heteroatoms. The molecule has 5 nitrogen and oxygen atoms in total. The van der Waals surface area contributed by atoms with E-state index in [9.17, 15) is 9.59 Å². The van der Waals surface area contributed by atoms with Gasteiger partial charge < -0.3 is 15.0 Å². The number of hydrogen-bond acceptors (Lipinski definition) is 4. The van der Waals surface area contributed by atoms with Crippen LogP contribution in [-0.2, 0) is 9.59 Å². The number of nitrogens with one attached hydrogen (secondary N) is 1. The summed E-state index contributed by atoms with van der Waals surface area (Å²) in [7, 11) is 0. The van der Waals surface area contributed by atoms with E-state index >= 15 is 0 Å². The summed E-state index contributed by atoms with van der Waals surface area (Å²) in [5.74, 6) is 1.47. The molecule has 22 heavy (non-hydrogen) atoms. The SMILES string of the molecule is CC12CCC(=O)N1C(C(=O)NCCOc1ccccc1)CS2. The Balaban J connectivity index is 1.47. The molecular weight excluding hydrogens is 300 g/mol. The third-order valence-electron chi connectivity index (χ3n) is 4.16. The lowest BCUT2D eigenvalue weighted by Gasteiger charge is -2.29. The van der Waals surface area contributed by atoms with Crippen molar-refractivity contribution in [3.63, 3.8) is 0 Å². The largest absolute Gasteiger partial charge is 0.492 e. The molecule has 0 saturated carbocycles. The van der Waals surface area contributed by atoms with Gasteiger partial charge in [-0.1, -0.05) is 18.2 Å². The van der Waals surface area contributed by atoms with E-state index in [1.54, 1.807) is 16.7 Å². The lowest BCUT2D eigenvalue weighted by atomic mass is 10.2. The number of nitrogens with zero attached hydrogens (tertiary/aromatic N) is 1. The highest BCUT2D eigenvalue weighted by atomic mass is 32.2. The van der Waals surface area contributed by atoms with Crippen LogP contribution in [0.2, 0.25) is 0 Å². The van der Waals surface area contributed by atoms with Crippen LogP contribution < -0.4 is 10.1 Å². The van der Waals surface area contributed by atoms with Gasteiger partial charge in [-0.2, -0.15) is 0 Å². The van der Waals surface area contributed by atoms with E-state index in [0.29, 0.717) is 25.3 Å². The normalized spacial score (nSPS) is 26.9. The molecule has 2 aliphatic heterocycles. The average molecular weight is 320 g/mol. The Hall–Kier alpha value is -1.69. The fourth-order valence-electron chi connectivity index (χ4n) is 2.99. The van der Waals surface area contributed by atoms with Crippen LogP contribution in [-0.4, -0.2) is 46.5 Å². The maximum absolute atomic E-state index is 12.3. The third-order valence-corrected chi connectivity index (χ3v) is 5.67. The number of hydrogen-bond donors (Lipinski definition) is 1. The maximum Gasteiger partial charge on any atom is 0.243 e. The minimum absolute atomic E-state index is 0.0804. The molecule has 2 unspecified atom stereocenters. The number of rotatable bonds is 5. The molecule has 118 valence electrons. The van der Waals surface area contributed by atoms with E-state index in [4.69, 9.17) is 4.74 Å². The van der Waals surface area contributed by atoms with Crippen molar-refractivity contribution >= 4 is 23.6 Å². The Kier molecular flexibility index (Phi) is 4.29. The first-order valence-corrected chi connectivity index (χ1v) is 8.50. The maximum atomic E-state index is 12.3. The van der Waals surface area contributed by atoms with Gasteiger partial charge in [0, 0.05) is 12.2 Å². The summed E-state index contributed by atoms with van der Waals surface area (Å²) in [5.41, 5.74) is 0. The van der Waals surface area contributed by atoms with E-state index in [-0.39, 0.29) is 22.7 Å². The van der Waals surface area contributed by atoms with Gasteiger partial charge in [0.05, 0.1) is 11.4 Å². The lowest BCUT2D eigenvalue weighted by Crippen LogP contribution is -2.50. The van der Waals surface area contributed by atoms with Crippen LogP contribution in [0.1, 0.15) is 19.8 Å². The highest BCUT2D eigenvalue weighted by molar-refractivity contribution is 8.01. The molecule has 1 N–H and O–H groups in total. The molecular formula is C16H20N2O3S. The number of thioether (sulfide) groups is 1. The van der Waals surface area contributed by atoms with Gasteiger partial charge >= 0.3 is 0 Å². The van der Waals surface area contributed by atoms with Gasteiger partial charge in [-0.05, 0) is 25.5 Å². The minimum Gasteiger partial charge on any atom is -0.492 e. The molecule has 0 radical (unpaired) electrons. The zero-order chi connectivity index (χ0) is 15.6. The van der Waals surface area contributed by atoms with E-state index in [1.807, 2.05) is 37.3 Å². The topological polar surface area (TPSA) is 58.6 Å². The van der Waals surface area contributed by atoms with Crippen LogP contribution in [0.25, 0.3) is 0 Å². The van der Waals surface area contributed by atoms with Crippen LogP contribution >= 0.6 is 11.8 Å². The highest BCUT2D eigenvalue weighted by Crippen LogP contribution is 2.47. The van der Waals surface area contributed by atoms with Gasteiger partial charge in [0.2, 0.25) is 11.8 Å². The van der Waals surface area contributed by atoms with Crippen molar-refractivity contribution in [2.24, 2.45) is 0 Å². The first-order valence-electron chi connectivity index (χ1n) is 7.52. The smallest absolute Gasteiger partial charge is 0.243 e. The molecule has 2 saturated heterocycles. The summed E-state index contributed by atoms with van der Waals surface area (Å²) in [6, 6.07) is 9.15. The Bertz CT molecular complexity index is 566. The zero-order valence-electron chi connectivity index (χ0n) is 12.6. The molecule has 2 atom stereocenters. The third kappa shape index (κ3) is 2.92. The average Bonchev–Trinajstić information content (AvgIpc) is 3.01. The lowest BCUT2D eigenvalue weighted by molar-refractivity contribution is -0.137. The Morgan fingerprint density at radius 1 is 1.45 bits per heavy atom. The van der Waals surface area contributed by atoms with Crippen LogP contribution in [0.15, 0.2) is 30.3 Å². The number of para-hydroxylation sites is 1. The van der Waals surface area contributed by atoms with E-state index < -0.39 is 0 Å². The van der Waals surface area contributed by atoms with Crippen molar-refractivity contribution in [1.82, 2.24) is 10.2 Å². The zero-order valence-corrected chi connectivity index (χ0v) is 13.4. The van der Waals surface area contributed by atoms with Gasteiger partial charge in [-0.25, -0.2) is 0 Å².